The molecule has 1 saturated heterocycles. The van der Waals surface area contributed by atoms with Gasteiger partial charge in [-0.15, -0.1) is 22.7 Å². The van der Waals surface area contributed by atoms with Gasteiger partial charge in [-0.2, -0.15) is 13.2 Å². The second kappa shape index (κ2) is 8.66. The molecule has 4 heterocycles. The van der Waals surface area contributed by atoms with Crippen LogP contribution in [0.2, 0.25) is 0 Å². The number of alkyl halides is 3. The predicted octanol–water partition coefficient (Wildman–Crippen LogP) is 5.05. The summed E-state index contributed by atoms with van der Waals surface area (Å²) >= 11 is 2.48. The smallest absolute Gasteiger partial charge is 0.349 e. The largest absolute Gasteiger partial charge is 0.435 e. The van der Waals surface area contributed by atoms with Crippen molar-refractivity contribution in [2.45, 2.75) is 32.5 Å². The van der Waals surface area contributed by atoms with Gasteiger partial charge in [-0.1, -0.05) is 29.8 Å². The number of fused-ring (bicyclic) bond motifs is 2. The van der Waals surface area contributed by atoms with Crippen LogP contribution in [0.5, 0.6) is 0 Å². The van der Waals surface area contributed by atoms with E-state index in [2.05, 4.69) is 15.3 Å². The van der Waals surface area contributed by atoms with Crippen molar-refractivity contribution in [3.8, 4) is 10.4 Å². The highest BCUT2D eigenvalue weighted by Gasteiger charge is 2.54. The Morgan fingerprint density at radius 2 is 2.03 bits per heavy atom. The van der Waals surface area contributed by atoms with E-state index in [9.17, 15) is 22.8 Å². The standard InChI is InChI=1S/C25H22F3N5O2S2/c1-12-4-3-5-14(8-12)20-18(30-13(2)37-20)23(35)33-11-15-9-16(15)17(33)10-29-22(34)19-21(25(26,27)28)31-24-32(19)6-7-36-24/h3-8,15-17H,9-11H2,1-2H3,(H,29,34)/t15-,16-,17-/m1/s1. The highest BCUT2D eigenvalue weighted by atomic mass is 32.1. The average Bonchev–Trinajstić information content (AvgIpc) is 3.21. The molecule has 6 rings (SSSR count). The van der Waals surface area contributed by atoms with Crippen LogP contribution in [0, 0.1) is 25.7 Å². The van der Waals surface area contributed by atoms with Gasteiger partial charge in [0.2, 0.25) is 0 Å². The molecule has 1 saturated carbocycles. The van der Waals surface area contributed by atoms with Crippen molar-refractivity contribution in [2.75, 3.05) is 13.1 Å². The summed E-state index contributed by atoms with van der Waals surface area (Å²) in [6.07, 6.45) is -2.43. The molecule has 0 bridgehead atoms. The Morgan fingerprint density at radius 3 is 2.78 bits per heavy atom. The fourth-order valence-electron chi connectivity index (χ4n) is 5.24. The van der Waals surface area contributed by atoms with E-state index in [0.29, 0.717) is 18.2 Å². The monoisotopic (exact) mass is 545 g/mol. The molecular weight excluding hydrogens is 523 g/mol. The van der Waals surface area contributed by atoms with Gasteiger partial charge in [0.1, 0.15) is 11.4 Å². The normalized spacial score (nSPS) is 20.9. The molecule has 0 radical (unpaired) electrons. The predicted molar refractivity (Wildman–Crippen MR) is 134 cm³/mol. The maximum absolute atomic E-state index is 13.7. The number of imidazole rings is 1. The number of aromatic nitrogens is 3. The number of thiazole rings is 2. The van der Waals surface area contributed by atoms with Gasteiger partial charge in [-0.25, -0.2) is 9.97 Å². The van der Waals surface area contributed by atoms with E-state index in [1.165, 1.54) is 17.5 Å². The number of carbonyl (C=O) groups is 2. The molecule has 3 aromatic heterocycles. The number of hydrogen-bond acceptors (Lipinski definition) is 6. The number of halogens is 3. The summed E-state index contributed by atoms with van der Waals surface area (Å²) in [5.74, 6) is -0.537. The molecule has 0 spiro atoms. The van der Waals surface area contributed by atoms with Crippen molar-refractivity contribution in [3.05, 3.63) is 63.5 Å². The van der Waals surface area contributed by atoms with Gasteiger partial charge < -0.3 is 10.2 Å². The highest BCUT2D eigenvalue weighted by Crippen LogP contribution is 2.50. The lowest BCUT2D eigenvalue weighted by Gasteiger charge is -2.27. The minimum Gasteiger partial charge on any atom is -0.349 e. The SMILES string of the molecule is Cc1cccc(-c2sc(C)nc2C(=O)N2C[C@H]3C[C@H]3[C@H]2CNC(=O)c2c(C(F)(F)F)nc3sccn23)c1. The van der Waals surface area contributed by atoms with Crippen LogP contribution in [0.1, 0.15) is 43.7 Å². The van der Waals surface area contributed by atoms with Crippen molar-refractivity contribution in [2.24, 2.45) is 11.8 Å². The molecule has 1 N–H and O–H groups in total. The summed E-state index contributed by atoms with van der Waals surface area (Å²) in [4.78, 5) is 37.5. The lowest BCUT2D eigenvalue weighted by atomic mass is 10.1. The zero-order chi connectivity index (χ0) is 26.1. The van der Waals surface area contributed by atoms with Gasteiger partial charge in [0, 0.05) is 24.7 Å². The number of carbonyl (C=O) groups excluding carboxylic acids is 2. The van der Waals surface area contributed by atoms with Crippen LogP contribution in [-0.4, -0.2) is 50.2 Å². The van der Waals surface area contributed by atoms with Crippen LogP contribution in [0.3, 0.4) is 0 Å². The summed E-state index contributed by atoms with van der Waals surface area (Å²) in [5.41, 5.74) is 0.622. The third-order valence-corrected chi connectivity index (χ3v) is 8.77. The summed E-state index contributed by atoms with van der Waals surface area (Å²) in [5, 5.41) is 5.02. The summed E-state index contributed by atoms with van der Waals surface area (Å²) in [7, 11) is 0. The molecule has 1 aliphatic carbocycles. The molecule has 7 nitrogen and oxygen atoms in total. The van der Waals surface area contributed by atoms with E-state index in [0.717, 1.165) is 43.2 Å². The van der Waals surface area contributed by atoms with E-state index in [1.807, 2.05) is 38.1 Å². The zero-order valence-electron chi connectivity index (χ0n) is 19.9. The van der Waals surface area contributed by atoms with Crippen LogP contribution in [0.15, 0.2) is 35.8 Å². The maximum atomic E-state index is 13.7. The number of nitrogens with one attached hydrogen (secondary N) is 1. The highest BCUT2D eigenvalue weighted by molar-refractivity contribution is 7.15. The lowest BCUT2D eigenvalue weighted by molar-refractivity contribution is -0.141. The third kappa shape index (κ3) is 4.21. The van der Waals surface area contributed by atoms with E-state index in [1.54, 1.807) is 10.3 Å². The van der Waals surface area contributed by atoms with E-state index < -0.39 is 23.5 Å². The molecule has 37 heavy (non-hydrogen) atoms. The van der Waals surface area contributed by atoms with E-state index in [-0.39, 0.29) is 29.4 Å². The number of piperidine rings is 1. The summed E-state index contributed by atoms with van der Waals surface area (Å²) < 4.78 is 41.9. The molecule has 2 aliphatic rings. The summed E-state index contributed by atoms with van der Waals surface area (Å²) in [6.45, 7) is 4.45. The van der Waals surface area contributed by atoms with Crippen LogP contribution in [0.25, 0.3) is 15.4 Å². The summed E-state index contributed by atoms with van der Waals surface area (Å²) in [6, 6.07) is 7.57. The molecule has 4 aromatic rings. The number of nitrogens with zero attached hydrogens (tertiary/aromatic N) is 4. The molecule has 0 unspecified atom stereocenters. The number of likely N-dealkylation sites (tertiary alicyclic amines) is 1. The first-order chi connectivity index (χ1) is 17.6. The second-order valence-corrected chi connectivity index (χ2v) is 11.6. The topological polar surface area (TPSA) is 79.6 Å². The molecule has 12 heteroatoms. The average molecular weight is 546 g/mol. The Morgan fingerprint density at radius 1 is 1.22 bits per heavy atom. The van der Waals surface area contributed by atoms with Crippen molar-refractivity contribution < 1.29 is 22.8 Å². The first-order valence-corrected chi connectivity index (χ1v) is 13.5. The molecule has 192 valence electrons. The fourth-order valence-corrected chi connectivity index (χ4v) is 6.86. The van der Waals surface area contributed by atoms with Gasteiger partial charge in [0.05, 0.1) is 15.9 Å². The van der Waals surface area contributed by atoms with E-state index >= 15 is 0 Å². The Bertz CT molecular complexity index is 1540. The molecule has 1 aliphatic heterocycles. The molecule has 2 fully saturated rings. The molecule has 2 amide bonds. The van der Waals surface area contributed by atoms with Crippen molar-refractivity contribution in [1.82, 2.24) is 24.6 Å². The van der Waals surface area contributed by atoms with Gasteiger partial charge in [-0.3, -0.25) is 14.0 Å². The number of amides is 2. The minimum absolute atomic E-state index is 0.0588. The van der Waals surface area contributed by atoms with Crippen LogP contribution >= 0.6 is 22.7 Å². The maximum Gasteiger partial charge on any atom is 0.435 e. The van der Waals surface area contributed by atoms with Crippen molar-refractivity contribution in [1.29, 1.82) is 0 Å². The second-order valence-electron chi connectivity index (χ2n) is 9.54. The molecular formula is C25H22F3N5O2S2. The van der Waals surface area contributed by atoms with Crippen molar-refractivity contribution in [3.63, 3.8) is 0 Å². The number of benzene rings is 1. The Labute approximate surface area is 218 Å². The van der Waals surface area contributed by atoms with Crippen LogP contribution < -0.4 is 5.32 Å². The lowest BCUT2D eigenvalue weighted by Crippen LogP contribution is -2.46. The number of hydrogen-bond donors (Lipinski definition) is 1. The van der Waals surface area contributed by atoms with Gasteiger partial charge in [-0.05, 0) is 37.7 Å². The Balaban J connectivity index is 1.25. The fraction of sp³-hybridized carbons (Fsp3) is 0.360. The third-order valence-electron chi connectivity index (χ3n) is 7.00. The Hall–Kier alpha value is -3.25. The number of aryl methyl sites for hydroxylation is 2. The minimum atomic E-state index is -4.76. The molecule has 1 aromatic carbocycles. The first kappa shape index (κ1) is 24.1. The zero-order valence-corrected chi connectivity index (χ0v) is 21.5. The quantitative estimate of drug-likeness (QED) is 0.381. The number of rotatable bonds is 5. The Kier molecular flexibility index (Phi) is 5.64. The van der Waals surface area contributed by atoms with Crippen molar-refractivity contribution >= 4 is 39.4 Å². The van der Waals surface area contributed by atoms with Crippen LogP contribution in [0.4, 0.5) is 13.2 Å². The molecule has 3 atom stereocenters. The van der Waals surface area contributed by atoms with Gasteiger partial charge in [0.15, 0.2) is 10.7 Å². The van der Waals surface area contributed by atoms with Gasteiger partial charge in [0.25, 0.3) is 11.8 Å². The van der Waals surface area contributed by atoms with Crippen LogP contribution in [-0.2, 0) is 6.18 Å². The first-order valence-electron chi connectivity index (χ1n) is 11.8. The van der Waals surface area contributed by atoms with Gasteiger partial charge >= 0.3 is 6.18 Å². The van der Waals surface area contributed by atoms with E-state index in [4.69, 9.17) is 0 Å².